The third kappa shape index (κ3) is 3.37. The van der Waals surface area contributed by atoms with Gasteiger partial charge in [-0.1, -0.05) is 13.8 Å². The van der Waals surface area contributed by atoms with Crippen LogP contribution in [0.5, 0.6) is 0 Å². The van der Waals surface area contributed by atoms with Crippen LogP contribution in [0.25, 0.3) is 0 Å². The van der Waals surface area contributed by atoms with Crippen LogP contribution in [0.3, 0.4) is 0 Å². The predicted octanol–water partition coefficient (Wildman–Crippen LogP) is 3.38. The van der Waals surface area contributed by atoms with E-state index in [0.29, 0.717) is 6.04 Å². The summed E-state index contributed by atoms with van der Waals surface area (Å²) in [5, 5.41) is 6.93. The molecule has 1 heterocycles. The van der Waals surface area contributed by atoms with Crippen LogP contribution in [0.2, 0.25) is 0 Å². The van der Waals surface area contributed by atoms with Gasteiger partial charge in [0.2, 0.25) is 0 Å². The molecule has 106 valence electrons. The molecule has 1 aliphatic rings. The van der Waals surface area contributed by atoms with Crippen LogP contribution in [0.15, 0.2) is 0 Å². The first-order chi connectivity index (χ1) is 9.13. The third-order valence-corrected chi connectivity index (χ3v) is 3.72. The first kappa shape index (κ1) is 14.1. The van der Waals surface area contributed by atoms with Crippen molar-refractivity contribution in [3.05, 3.63) is 11.4 Å². The SMILES string of the molecule is CCCc1nc(NCC)c(C)c(NC2CC(C)C2)n1. The molecular weight excluding hydrogens is 236 g/mol. The number of anilines is 2. The number of nitrogens with zero attached hydrogens (tertiary/aromatic N) is 2. The molecule has 4 heteroatoms. The van der Waals surface area contributed by atoms with Gasteiger partial charge in [0.05, 0.1) is 0 Å². The molecule has 0 aliphatic heterocycles. The molecule has 1 aliphatic carbocycles. The zero-order chi connectivity index (χ0) is 13.8. The number of aryl methyl sites for hydroxylation is 1. The standard InChI is InChI=1S/C15H26N4/c1-5-7-13-18-14(16-6-2)11(4)15(19-13)17-12-8-10(3)9-12/h10,12H,5-9H2,1-4H3,(H2,16,17,18,19). The lowest BCUT2D eigenvalue weighted by Gasteiger charge is -2.34. The van der Waals surface area contributed by atoms with E-state index < -0.39 is 0 Å². The van der Waals surface area contributed by atoms with E-state index in [0.717, 1.165) is 48.3 Å². The van der Waals surface area contributed by atoms with Gasteiger partial charge in [-0.3, -0.25) is 0 Å². The molecule has 4 nitrogen and oxygen atoms in total. The first-order valence-corrected chi connectivity index (χ1v) is 7.51. The van der Waals surface area contributed by atoms with Crippen LogP contribution in [-0.2, 0) is 6.42 Å². The maximum atomic E-state index is 4.69. The van der Waals surface area contributed by atoms with Gasteiger partial charge in [0, 0.05) is 24.6 Å². The van der Waals surface area contributed by atoms with Gasteiger partial charge >= 0.3 is 0 Å². The maximum absolute atomic E-state index is 4.69. The van der Waals surface area contributed by atoms with Crippen molar-refractivity contribution in [3.63, 3.8) is 0 Å². The van der Waals surface area contributed by atoms with Crippen LogP contribution in [-0.4, -0.2) is 22.6 Å². The molecule has 1 fully saturated rings. The van der Waals surface area contributed by atoms with Crippen molar-refractivity contribution in [1.29, 1.82) is 0 Å². The van der Waals surface area contributed by atoms with Crippen LogP contribution in [0.4, 0.5) is 11.6 Å². The molecule has 0 bridgehead atoms. The van der Waals surface area contributed by atoms with E-state index in [1.54, 1.807) is 0 Å². The van der Waals surface area contributed by atoms with E-state index in [2.05, 4.69) is 48.3 Å². The number of rotatable bonds is 6. The Hall–Kier alpha value is -1.32. The molecule has 0 saturated heterocycles. The number of hydrogen-bond donors (Lipinski definition) is 2. The summed E-state index contributed by atoms with van der Waals surface area (Å²) in [6, 6.07) is 0.590. The smallest absolute Gasteiger partial charge is 0.134 e. The molecule has 1 aromatic rings. The van der Waals surface area contributed by atoms with Gasteiger partial charge in [0.15, 0.2) is 0 Å². The molecule has 0 radical (unpaired) electrons. The van der Waals surface area contributed by atoms with Crippen molar-refractivity contribution in [1.82, 2.24) is 9.97 Å². The topological polar surface area (TPSA) is 49.8 Å². The summed E-state index contributed by atoms with van der Waals surface area (Å²) in [6.07, 6.45) is 4.52. The minimum absolute atomic E-state index is 0.590. The Morgan fingerprint density at radius 1 is 1.16 bits per heavy atom. The molecular formula is C15H26N4. The predicted molar refractivity (Wildman–Crippen MR) is 80.7 cm³/mol. The van der Waals surface area contributed by atoms with Gasteiger partial charge in [0.1, 0.15) is 17.5 Å². The Balaban J connectivity index is 2.18. The molecule has 19 heavy (non-hydrogen) atoms. The maximum Gasteiger partial charge on any atom is 0.134 e. The van der Waals surface area contributed by atoms with Crippen molar-refractivity contribution >= 4 is 11.6 Å². The fourth-order valence-corrected chi connectivity index (χ4v) is 2.59. The largest absolute Gasteiger partial charge is 0.370 e. The van der Waals surface area contributed by atoms with E-state index in [-0.39, 0.29) is 0 Å². The molecule has 1 aromatic heterocycles. The Labute approximate surface area is 116 Å². The summed E-state index contributed by atoms with van der Waals surface area (Å²) in [5.41, 5.74) is 1.14. The normalized spacial score (nSPS) is 21.9. The van der Waals surface area contributed by atoms with Crippen molar-refractivity contribution < 1.29 is 0 Å². The summed E-state index contributed by atoms with van der Waals surface area (Å²) in [7, 11) is 0. The fourth-order valence-electron chi connectivity index (χ4n) is 2.59. The molecule has 2 N–H and O–H groups in total. The lowest BCUT2D eigenvalue weighted by molar-refractivity contribution is 0.308. The highest BCUT2D eigenvalue weighted by Crippen LogP contribution is 2.31. The Morgan fingerprint density at radius 2 is 1.84 bits per heavy atom. The second-order valence-electron chi connectivity index (χ2n) is 5.66. The van der Waals surface area contributed by atoms with Gasteiger partial charge in [0.25, 0.3) is 0 Å². The van der Waals surface area contributed by atoms with Gasteiger partial charge in [-0.2, -0.15) is 0 Å². The zero-order valence-electron chi connectivity index (χ0n) is 12.6. The average Bonchev–Trinajstić information content (AvgIpc) is 2.33. The van der Waals surface area contributed by atoms with E-state index in [1.807, 2.05) is 0 Å². The van der Waals surface area contributed by atoms with Crippen LogP contribution < -0.4 is 10.6 Å². The van der Waals surface area contributed by atoms with Crippen LogP contribution in [0.1, 0.15) is 51.4 Å². The lowest BCUT2D eigenvalue weighted by Crippen LogP contribution is -2.34. The van der Waals surface area contributed by atoms with E-state index in [9.17, 15) is 0 Å². The summed E-state index contributed by atoms with van der Waals surface area (Å²) >= 11 is 0. The Bertz CT molecular complexity index is 424. The molecule has 0 atom stereocenters. The highest BCUT2D eigenvalue weighted by molar-refractivity contribution is 5.57. The monoisotopic (exact) mass is 262 g/mol. The molecule has 2 rings (SSSR count). The molecule has 0 spiro atoms. The third-order valence-electron chi connectivity index (χ3n) is 3.72. The van der Waals surface area contributed by atoms with Crippen molar-refractivity contribution in [2.45, 2.75) is 59.4 Å². The fraction of sp³-hybridized carbons (Fsp3) is 0.733. The van der Waals surface area contributed by atoms with E-state index in [4.69, 9.17) is 0 Å². The quantitative estimate of drug-likeness (QED) is 0.825. The summed E-state index contributed by atoms with van der Waals surface area (Å²) in [6.45, 7) is 9.55. The second kappa shape index (κ2) is 6.22. The van der Waals surface area contributed by atoms with E-state index in [1.165, 1.54) is 12.8 Å². The van der Waals surface area contributed by atoms with Crippen molar-refractivity contribution in [2.75, 3.05) is 17.2 Å². The zero-order valence-corrected chi connectivity index (χ0v) is 12.6. The second-order valence-corrected chi connectivity index (χ2v) is 5.66. The minimum atomic E-state index is 0.590. The van der Waals surface area contributed by atoms with Gasteiger partial charge in [-0.05, 0) is 39.0 Å². The highest BCUT2D eigenvalue weighted by Gasteiger charge is 2.26. The number of nitrogens with one attached hydrogen (secondary N) is 2. The summed E-state index contributed by atoms with van der Waals surface area (Å²) < 4.78 is 0. The average molecular weight is 262 g/mol. The van der Waals surface area contributed by atoms with Crippen LogP contribution >= 0.6 is 0 Å². The molecule has 0 aromatic carbocycles. The van der Waals surface area contributed by atoms with Gasteiger partial charge in [-0.15, -0.1) is 0 Å². The number of hydrogen-bond acceptors (Lipinski definition) is 4. The van der Waals surface area contributed by atoms with Gasteiger partial charge < -0.3 is 10.6 Å². The Morgan fingerprint density at radius 3 is 2.42 bits per heavy atom. The minimum Gasteiger partial charge on any atom is -0.370 e. The molecule has 0 unspecified atom stereocenters. The first-order valence-electron chi connectivity index (χ1n) is 7.51. The lowest BCUT2D eigenvalue weighted by atomic mass is 9.82. The van der Waals surface area contributed by atoms with Crippen LogP contribution in [0, 0.1) is 12.8 Å². The summed E-state index contributed by atoms with van der Waals surface area (Å²) in [4.78, 5) is 9.31. The number of aromatic nitrogens is 2. The molecule has 1 saturated carbocycles. The van der Waals surface area contributed by atoms with Gasteiger partial charge in [-0.25, -0.2) is 9.97 Å². The van der Waals surface area contributed by atoms with Crippen molar-refractivity contribution in [2.24, 2.45) is 5.92 Å². The molecule has 0 amide bonds. The summed E-state index contributed by atoms with van der Waals surface area (Å²) in [5.74, 6) is 3.80. The van der Waals surface area contributed by atoms with Crippen molar-refractivity contribution in [3.8, 4) is 0 Å². The Kier molecular flexibility index (Phi) is 4.61. The highest BCUT2D eigenvalue weighted by atomic mass is 15.1. The van der Waals surface area contributed by atoms with E-state index >= 15 is 0 Å².